The molecule has 0 heterocycles. The molecular formula is C18H23IN4O2. The van der Waals surface area contributed by atoms with E-state index in [0.29, 0.717) is 18.0 Å². The first-order valence-corrected chi connectivity index (χ1v) is 7.69. The molecule has 0 aliphatic heterocycles. The van der Waals surface area contributed by atoms with Gasteiger partial charge in [0.15, 0.2) is 5.96 Å². The molecular weight excluding hydrogens is 431 g/mol. The van der Waals surface area contributed by atoms with Crippen molar-refractivity contribution in [1.29, 1.82) is 0 Å². The third-order valence-corrected chi connectivity index (χ3v) is 3.34. The molecule has 0 bridgehead atoms. The van der Waals surface area contributed by atoms with Crippen molar-refractivity contribution in [3.05, 3.63) is 60.2 Å². The number of hydrogen-bond acceptors (Lipinski definition) is 3. The summed E-state index contributed by atoms with van der Waals surface area (Å²) in [6.07, 6.45) is 0.783. The van der Waals surface area contributed by atoms with Crippen LogP contribution in [0.4, 0.5) is 5.69 Å². The fourth-order valence-corrected chi connectivity index (χ4v) is 2.13. The normalized spacial score (nSPS) is 10.5. The molecule has 7 heteroatoms. The lowest BCUT2D eigenvalue weighted by Gasteiger charge is -2.10. The van der Waals surface area contributed by atoms with Gasteiger partial charge in [-0.1, -0.05) is 42.5 Å². The fourth-order valence-electron chi connectivity index (χ4n) is 2.13. The van der Waals surface area contributed by atoms with Crippen molar-refractivity contribution in [2.24, 2.45) is 10.7 Å². The molecule has 4 N–H and O–H groups in total. The van der Waals surface area contributed by atoms with E-state index >= 15 is 0 Å². The molecule has 0 aliphatic rings. The summed E-state index contributed by atoms with van der Waals surface area (Å²) < 4.78 is 5.21. The van der Waals surface area contributed by atoms with E-state index in [2.05, 4.69) is 15.6 Å². The molecule has 0 aliphatic carbocycles. The Hall–Kier alpha value is -2.29. The SMILES string of the molecule is COc1ccccc1NC(N)=NCC(=O)NCCc1ccccc1.I. The van der Waals surface area contributed by atoms with Crippen molar-refractivity contribution in [2.45, 2.75) is 6.42 Å². The summed E-state index contributed by atoms with van der Waals surface area (Å²) in [4.78, 5) is 15.8. The number of hydrogen-bond donors (Lipinski definition) is 3. The molecule has 0 saturated heterocycles. The molecule has 0 saturated carbocycles. The van der Waals surface area contributed by atoms with Crippen LogP contribution in [-0.4, -0.2) is 32.1 Å². The second-order valence-electron chi connectivity index (χ2n) is 5.11. The Balaban J connectivity index is 0.00000312. The average Bonchev–Trinajstić information content (AvgIpc) is 2.61. The van der Waals surface area contributed by atoms with Gasteiger partial charge < -0.3 is 21.1 Å². The van der Waals surface area contributed by atoms with Gasteiger partial charge in [-0.05, 0) is 24.1 Å². The molecule has 0 aromatic heterocycles. The zero-order valence-corrected chi connectivity index (χ0v) is 16.4. The molecule has 0 radical (unpaired) electrons. The van der Waals surface area contributed by atoms with Crippen LogP contribution in [0.25, 0.3) is 0 Å². The summed E-state index contributed by atoms with van der Waals surface area (Å²) in [5, 5.41) is 5.74. The van der Waals surface area contributed by atoms with E-state index in [1.807, 2.05) is 54.6 Å². The number of nitrogens with one attached hydrogen (secondary N) is 2. The zero-order chi connectivity index (χ0) is 17.2. The molecule has 0 atom stereocenters. The largest absolute Gasteiger partial charge is 0.495 e. The molecule has 2 aromatic rings. The van der Waals surface area contributed by atoms with Crippen molar-refractivity contribution < 1.29 is 9.53 Å². The molecule has 6 nitrogen and oxygen atoms in total. The monoisotopic (exact) mass is 454 g/mol. The Labute approximate surface area is 164 Å². The second-order valence-corrected chi connectivity index (χ2v) is 5.11. The Kier molecular flexibility index (Phi) is 9.38. The van der Waals surface area contributed by atoms with E-state index in [-0.39, 0.29) is 42.4 Å². The van der Waals surface area contributed by atoms with Crippen molar-refractivity contribution in [2.75, 3.05) is 25.5 Å². The van der Waals surface area contributed by atoms with Gasteiger partial charge in [0.2, 0.25) is 5.91 Å². The number of nitrogens with zero attached hydrogens (tertiary/aromatic N) is 1. The molecule has 1 amide bonds. The number of methoxy groups -OCH3 is 1. The minimum Gasteiger partial charge on any atom is -0.495 e. The number of amides is 1. The van der Waals surface area contributed by atoms with Crippen LogP contribution in [0.5, 0.6) is 5.75 Å². The first-order valence-electron chi connectivity index (χ1n) is 7.69. The van der Waals surface area contributed by atoms with Gasteiger partial charge in [0.05, 0.1) is 12.8 Å². The number of ether oxygens (including phenoxy) is 1. The van der Waals surface area contributed by atoms with Crippen molar-refractivity contribution in [3.8, 4) is 5.75 Å². The molecule has 0 spiro atoms. The minimum absolute atomic E-state index is 0. The number of aliphatic imine (C=N–C) groups is 1. The maximum absolute atomic E-state index is 11.8. The van der Waals surface area contributed by atoms with E-state index in [0.717, 1.165) is 6.42 Å². The van der Waals surface area contributed by atoms with E-state index < -0.39 is 0 Å². The third-order valence-electron chi connectivity index (χ3n) is 3.34. The van der Waals surface area contributed by atoms with E-state index in [4.69, 9.17) is 10.5 Å². The topological polar surface area (TPSA) is 88.7 Å². The number of nitrogens with two attached hydrogens (primary N) is 1. The average molecular weight is 454 g/mol. The molecule has 2 rings (SSSR count). The predicted molar refractivity (Wildman–Crippen MR) is 112 cm³/mol. The summed E-state index contributed by atoms with van der Waals surface area (Å²) >= 11 is 0. The van der Waals surface area contributed by atoms with E-state index in [1.54, 1.807) is 7.11 Å². The van der Waals surface area contributed by atoms with Gasteiger partial charge in [-0.25, -0.2) is 4.99 Å². The molecule has 0 fully saturated rings. The van der Waals surface area contributed by atoms with Gasteiger partial charge in [-0.3, -0.25) is 4.79 Å². The lowest BCUT2D eigenvalue weighted by molar-refractivity contribution is -0.119. The minimum atomic E-state index is -0.171. The van der Waals surface area contributed by atoms with Crippen molar-refractivity contribution in [3.63, 3.8) is 0 Å². The van der Waals surface area contributed by atoms with Crippen LogP contribution in [0.1, 0.15) is 5.56 Å². The van der Waals surface area contributed by atoms with E-state index in [9.17, 15) is 4.79 Å². The molecule has 25 heavy (non-hydrogen) atoms. The highest BCUT2D eigenvalue weighted by molar-refractivity contribution is 14.0. The Morgan fingerprint density at radius 2 is 1.80 bits per heavy atom. The van der Waals surface area contributed by atoms with Crippen LogP contribution in [0.2, 0.25) is 0 Å². The smallest absolute Gasteiger partial charge is 0.241 e. The highest BCUT2D eigenvalue weighted by Gasteiger charge is 2.04. The quantitative estimate of drug-likeness (QED) is 0.341. The Bertz CT molecular complexity index is 692. The van der Waals surface area contributed by atoms with Crippen LogP contribution >= 0.6 is 24.0 Å². The van der Waals surface area contributed by atoms with Gasteiger partial charge in [0.25, 0.3) is 0 Å². The maximum Gasteiger partial charge on any atom is 0.241 e. The Morgan fingerprint density at radius 1 is 1.12 bits per heavy atom. The maximum atomic E-state index is 11.8. The molecule has 134 valence electrons. The predicted octanol–water partition coefficient (Wildman–Crippen LogP) is 2.40. The summed E-state index contributed by atoms with van der Waals surface area (Å²) in [6.45, 7) is 0.543. The van der Waals surface area contributed by atoms with Crippen molar-refractivity contribution in [1.82, 2.24) is 5.32 Å². The number of carbonyl (C=O) groups excluding carboxylic acids is 1. The van der Waals surface area contributed by atoms with Gasteiger partial charge >= 0.3 is 0 Å². The fraction of sp³-hybridized carbons (Fsp3) is 0.222. The Morgan fingerprint density at radius 3 is 2.52 bits per heavy atom. The summed E-state index contributed by atoms with van der Waals surface area (Å²) in [7, 11) is 1.58. The van der Waals surface area contributed by atoms with Crippen LogP contribution in [-0.2, 0) is 11.2 Å². The van der Waals surface area contributed by atoms with Crippen LogP contribution in [0.3, 0.4) is 0 Å². The lowest BCUT2D eigenvalue weighted by Crippen LogP contribution is -2.30. The second kappa shape index (κ2) is 11.3. The third kappa shape index (κ3) is 7.42. The highest BCUT2D eigenvalue weighted by atomic mass is 127. The highest BCUT2D eigenvalue weighted by Crippen LogP contribution is 2.22. The van der Waals surface area contributed by atoms with Gasteiger partial charge in [0.1, 0.15) is 12.3 Å². The van der Waals surface area contributed by atoms with Gasteiger partial charge in [-0.2, -0.15) is 0 Å². The standard InChI is InChI=1S/C18H22N4O2.HI/c1-24-16-10-6-5-9-15(16)22-18(19)21-13-17(23)20-12-11-14-7-3-2-4-8-14;/h2-10H,11-13H2,1H3,(H,20,23)(H3,19,21,22);1H. The summed E-state index contributed by atoms with van der Waals surface area (Å²) in [6, 6.07) is 17.3. The molecule has 0 unspecified atom stereocenters. The first-order chi connectivity index (χ1) is 11.7. The van der Waals surface area contributed by atoms with Gasteiger partial charge in [-0.15, -0.1) is 24.0 Å². The number of anilines is 1. The number of carbonyl (C=O) groups is 1. The zero-order valence-electron chi connectivity index (χ0n) is 14.1. The van der Waals surface area contributed by atoms with E-state index in [1.165, 1.54) is 5.56 Å². The number of rotatable bonds is 7. The number of guanidine groups is 1. The first kappa shape index (κ1) is 20.8. The van der Waals surface area contributed by atoms with Crippen molar-refractivity contribution >= 4 is 41.5 Å². The summed E-state index contributed by atoms with van der Waals surface area (Å²) in [5.74, 6) is 0.649. The lowest BCUT2D eigenvalue weighted by atomic mass is 10.1. The summed E-state index contributed by atoms with van der Waals surface area (Å²) in [5.41, 5.74) is 7.68. The van der Waals surface area contributed by atoms with Gasteiger partial charge in [0, 0.05) is 6.54 Å². The van der Waals surface area contributed by atoms with Crippen LogP contribution in [0.15, 0.2) is 59.6 Å². The van der Waals surface area contributed by atoms with Crippen LogP contribution < -0.4 is 21.1 Å². The number of benzene rings is 2. The molecule has 2 aromatic carbocycles. The number of halogens is 1. The van der Waals surface area contributed by atoms with Crippen LogP contribution in [0, 0.1) is 0 Å². The number of para-hydroxylation sites is 2.